The molecule has 9 nitrogen and oxygen atoms in total. The fraction of sp³-hybridized carbons (Fsp3) is 0.150. The summed E-state index contributed by atoms with van der Waals surface area (Å²) in [5.41, 5.74) is 6.13. The summed E-state index contributed by atoms with van der Waals surface area (Å²) in [6, 6.07) is 2.80. The third-order valence-corrected chi connectivity index (χ3v) is 5.48. The molecule has 3 heterocycles. The lowest BCUT2D eigenvalue weighted by Crippen LogP contribution is -2.18. The van der Waals surface area contributed by atoms with Gasteiger partial charge in [-0.3, -0.25) is 14.3 Å². The van der Waals surface area contributed by atoms with Crippen LogP contribution in [0.5, 0.6) is 0 Å². The normalized spacial score (nSPS) is 11.0. The smallest absolute Gasteiger partial charge is 0.284 e. The lowest BCUT2D eigenvalue weighted by Gasteiger charge is -2.09. The maximum absolute atomic E-state index is 15.0. The standard InChI is InChI=1S/C20H17F2N7O2S/c1-10-13(8-29(27-10)9-15(30)26-20-24-5-6-32-20)11-3-4-12(17(22)16(11)21)14-7-25-19(18(23)31)28(14)2/h3-8H,9H2,1-2H3,(H2,23,31)(H,24,26,30). The number of amides is 2. The van der Waals surface area contributed by atoms with E-state index in [0.717, 1.165) is 0 Å². The summed E-state index contributed by atoms with van der Waals surface area (Å²) in [7, 11) is 1.48. The van der Waals surface area contributed by atoms with Gasteiger partial charge in [-0.2, -0.15) is 5.10 Å². The highest BCUT2D eigenvalue weighted by atomic mass is 32.1. The number of carbonyl (C=O) groups excluding carboxylic acids is 2. The van der Waals surface area contributed by atoms with E-state index in [9.17, 15) is 14.0 Å². The minimum absolute atomic E-state index is 0.00683. The molecular formula is C20H17F2N7O2S. The number of imidazole rings is 1. The number of aromatic nitrogens is 5. The Balaban J connectivity index is 1.63. The molecule has 0 aliphatic rings. The molecule has 32 heavy (non-hydrogen) atoms. The lowest BCUT2D eigenvalue weighted by atomic mass is 10.0. The van der Waals surface area contributed by atoms with E-state index in [1.54, 1.807) is 18.5 Å². The van der Waals surface area contributed by atoms with Crippen LogP contribution < -0.4 is 11.1 Å². The molecular weight excluding hydrogens is 440 g/mol. The van der Waals surface area contributed by atoms with Gasteiger partial charge >= 0.3 is 0 Å². The SMILES string of the molecule is Cc1nn(CC(=O)Nc2nccs2)cc1-c1ccc(-c2cnc(C(N)=O)n2C)c(F)c1F. The molecule has 0 saturated carbocycles. The van der Waals surface area contributed by atoms with Gasteiger partial charge in [0.2, 0.25) is 5.91 Å². The van der Waals surface area contributed by atoms with E-state index in [2.05, 4.69) is 20.4 Å². The molecule has 1 aromatic carbocycles. The molecule has 0 atom stereocenters. The van der Waals surface area contributed by atoms with Crippen molar-refractivity contribution < 1.29 is 18.4 Å². The van der Waals surface area contributed by atoms with E-state index in [1.165, 1.54) is 52.2 Å². The fourth-order valence-electron chi connectivity index (χ4n) is 3.30. The Morgan fingerprint density at radius 2 is 1.88 bits per heavy atom. The van der Waals surface area contributed by atoms with Gasteiger partial charge in [0.05, 0.1) is 17.6 Å². The molecule has 0 fully saturated rings. The van der Waals surface area contributed by atoms with Crippen molar-refractivity contribution in [2.75, 3.05) is 5.32 Å². The molecule has 0 unspecified atom stereocenters. The second kappa shape index (κ2) is 8.30. The number of hydrogen-bond acceptors (Lipinski definition) is 6. The Hall–Kier alpha value is -3.93. The van der Waals surface area contributed by atoms with Crippen LogP contribution in [0.3, 0.4) is 0 Å². The predicted octanol–water partition coefficient (Wildman–Crippen LogP) is 2.73. The summed E-state index contributed by atoms with van der Waals surface area (Å²) in [5.74, 6) is -3.39. The summed E-state index contributed by atoms with van der Waals surface area (Å²) in [5, 5.41) is 9.05. The van der Waals surface area contributed by atoms with Gasteiger partial charge < -0.3 is 15.6 Å². The first-order valence-electron chi connectivity index (χ1n) is 9.30. The molecule has 0 bridgehead atoms. The van der Waals surface area contributed by atoms with Gasteiger partial charge in [-0.25, -0.2) is 18.7 Å². The van der Waals surface area contributed by atoms with Crippen LogP contribution >= 0.6 is 11.3 Å². The van der Waals surface area contributed by atoms with Crippen LogP contribution in [0.1, 0.15) is 16.3 Å². The highest BCUT2D eigenvalue weighted by molar-refractivity contribution is 7.13. The largest absolute Gasteiger partial charge is 0.363 e. The van der Waals surface area contributed by atoms with Crippen LogP contribution in [0.4, 0.5) is 13.9 Å². The number of primary amides is 1. The van der Waals surface area contributed by atoms with E-state index in [4.69, 9.17) is 5.73 Å². The summed E-state index contributed by atoms with van der Waals surface area (Å²) in [6.45, 7) is 1.52. The molecule has 12 heteroatoms. The first-order chi connectivity index (χ1) is 15.3. The zero-order valence-electron chi connectivity index (χ0n) is 17.0. The first-order valence-corrected chi connectivity index (χ1v) is 10.2. The number of nitrogens with two attached hydrogens (primary N) is 1. The van der Waals surface area contributed by atoms with Crippen LogP contribution in [0, 0.1) is 18.6 Å². The number of nitrogens with zero attached hydrogens (tertiary/aromatic N) is 5. The first kappa shape index (κ1) is 21.3. The van der Waals surface area contributed by atoms with Crippen molar-refractivity contribution in [2.24, 2.45) is 12.8 Å². The van der Waals surface area contributed by atoms with Gasteiger partial charge in [0.1, 0.15) is 6.54 Å². The van der Waals surface area contributed by atoms with Crippen LogP contribution in [-0.2, 0) is 18.4 Å². The Kier molecular flexibility index (Phi) is 5.53. The summed E-state index contributed by atoms with van der Waals surface area (Å²) in [4.78, 5) is 31.4. The summed E-state index contributed by atoms with van der Waals surface area (Å²) >= 11 is 1.28. The van der Waals surface area contributed by atoms with Crippen molar-refractivity contribution in [3.63, 3.8) is 0 Å². The molecule has 3 aromatic heterocycles. The molecule has 0 aliphatic heterocycles. The van der Waals surface area contributed by atoms with Gasteiger partial charge in [-0.1, -0.05) is 6.07 Å². The van der Waals surface area contributed by atoms with Crippen molar-refractivity contribution in [1.82, 2.24) is 24.3 Å². The molecule has 3 N–H and O–H groups in total. The van der Waals surface area contributed by atoms with Crippen molar-refractivity contribution in [1.29, 1.82) is 0 Å². The lowest BCUT2D eigenvalue weighted by molar-refractivity contribution is -0.116. The average Bonchev–Trinajstić information content (AvgIpc) is 3.45. The zero-order valence-corrected chi connectivity index (χ0v) is 17.8. The third kappa shape index (κ3) is 3.87. The zero-order chi connectivity index (χ0) is 23.0. The van der Waals surface area contributed by atoms with Gasteiger partial charge in [-0.15, -0.1) is 11.3 Å². The minimum Gasteiger partial charge on any atom is -0.363 e. The fourth-order valence-corrected chi connectivity index (χ4v) is 3.84. The van der Waals surface area contributed by atoms with Crippen molar-refractivity contribution in [3.8, 4) is 22.4 Å². The second-order valence-corrected chi connectivity index (χ2v) is 7.78. The summed E-state index contributed by atoms with van der Waals surface area (Å²) < 4.78 is 32.6. The van der Waals surface area contributed by atoms with Gasteiger partial charge in [0.15, 0.2) is 22.6 Å². The van der Waals surface area contributed by atoms with E-state index in [1.807, 2.05) is 0 Å². The number of nitrogens with one attached hydrogen (secondary N) is 1. The predicted molar refractivity (Wildman–Crippen MR) is 114 cm³/mol. The maximum atomic E-state index is 15.0. The minimum atomic E-state index is -1.10. The summed E-state index contributed by atoms with van der Waals surface area (Å²) in [6.07, 6.45) is 4.29. The molecule has 4 aromatic rings. The highest BCUT2D eigenvalue weighted by Crippen LogP contribution is 2.32. The number of thiazole rings is 1. The molecule has 4 rings (SSSR count). The molecule has 0 saturated heterocycles. The van der Waals surface area contributed by atoms with Gasteiger partial charge in [0.25, 0.3) is 5.91 Å². The second-order valence-electron chi connectivity index (χ2n) is 6.89. The van der Waals surface area contributed by atoms with E-state index < -0.39 is 17.5 Å². The van der Waals surface area contributed by atoms with Crippen molar-refractivity contribution in [3.05, 3.63) is 59.3 Å². The van der Waals surface area contributed by atoms with Crippen molar-refractivity contribution >= 4 is 28.3 Å². The molecule has 0 spiro atoms. The Morgan fingerprint density at radius 3 is 2.53 bits per heavy atom. The topological polar surface area (TPSA) is 121 Å². The quantitative estimate of drug-likeness (QED) is 0.461. The number of hydrogen-bond donors (Lipinski definition) is 2. The Bertz CT molecular complexity index is 1330. The van der Waals surface area contributed by atoms with Crippen molar-refractivity contribution in [2.45, 2.75) is 13.5 Å². The number of aryl methyl sites for hydroxylation is 1. The monoisotopic (exact) mass is 457 g/mol. The third-order valence-electron chi connectivity index (χ3n) is 4.79. The van der Waals surface area contributed by atoms with E-state index in [0.29, 0.717) is 16.4 Å². The highest BCUT2D eigenvalue weighted by Gasteiger charge is 2.22. The Morgan fingerprint density at radius 1 is 1.16 bits per heavy atom. The molecule has 2 amide bonds. The number of benzene rings is 1. The van der Waals surface area contributed by atoms with Gasteiger partial charge in [-0.05, 0) is 13.0 Å². The number of anilines is 1. The van der Waals surface area contributed by atoms with E-state index >= 15 is 4.39 Å². The van der Waals surface area contributed by atoms with Gasteiger partial charge in [0, 0.05) is 41.5 Å². The molecule has 0 radical (unpaired) electrons. The number of halogens is 2. The van der Waals surface area contributed by atoms with Crippen LogP contribution in [0.2, 0.25) is 0 Å². The van der Waals surface area contributed by atoms with Crippen LogP contribution in [0.25, 0.3) is 22.4 Å². The number of carbonyl (C=O) groups is 2. The number of rotatable bonds is 6. The Labute approximate surface area is 184 Å². The average molecular weight is 457 g/mol. The van der Waals surface area contributed by atoms with Crippen LogP contribution in [0.15, 0.2) is 36.1 Å². The maximum Gasteiger partial charge on any atom is 0.284 e. The van der Waals surface area contributed by atoms with E-state index in [-0.39, 0.29) is 35.1 Å². The van der Waals surface area contributed by atoms with Crippen LogP contribution in [-0.4, -0.2) is 36.1 Å². The molecule has 0 aliphatic carbocycles. The molecule has 164 valence electrons.